The van der Waals surface area contributed by atoms with E-state index in [9.17, 15) is 4.79 Å². The second-order valence-corrected chi connectivity index (χ2v) is 7.72. The number of amides is 1. The fourth-order valence-electron chi connectivity index (χ4n) is 3.91. The Labute approximate surface area is 174 Å². The molecule has 4 aromatic rings. The summed E-state index contributed by atoms with van der Waals surface area (Å²) in [5.41, 5.74) is 3.97. The lowest BCUT2D eigenvalue weighted by molar-refractivity contribution is -0.118. The van der Waals surface area contributed by atoms with E-state index in [-0.39, 0.29) is 5.91 Å². The molecule has 0 unspecified atom stereocenters. The number of hydrogen-bond donors (Lipinski definition) is 1. The topological polar surface area (TPSA) is 68.5 Å². The molecule has 0 aliphatic heterocycles. The third-order valence-electron chi connectivity index (χ3n) is 5.82. The quantitative estimate of drug-likeness (QED) is 0.542. The highest BCUT2D eigenvalue weighted by molar-refractivity contribution is 6.02. The number of carbonyl (C=O) groups excluding carboxylic acids is 1. The number of rotatable bonds is 5. The van der Waals surface area contributed by atoms with Crippen LogP contribution in [-0.4, -0.2) is 27.4 Å². The lowest BCUT2D eigenvalue weighted by atomic mass is 9.93. The van der Waals surface area contributed by atoms with Crippen LogP contribution in [0.4, 0.5) is 5.69 Å². The predicted molar refractivity (Wildman–Crippen MR) is 116 cm³/mol. The van der Waals surface area contributed by atoms with Crippen LogP contribution in [0.25, 0.3) is 17.0 Å². The van der Waals surface area contributed by atoms with Gasteiger partial charge in [-0.2, -0.15) is 0 Å². The Bertz CT molecular complexity index is 1220. The Balaban J connectivity index is 1.46. The highest BCUT2D eigenvalue weighted by atomic mass is 16.5. The molecule has 0 spiro atoms. The molecule has 6 heteroatoms. The fourth-order valence-corrected chi connectivity index (χ4v) is 3.91. The fraction of sp³-hybridized carbons (Fsp3) is 0.208. The first-order chi connectivity index (χ1) is 14.6. The Morgan fingerprint density at radius 3 is 2.77 bits per heavy atom. The molecule has 0 bridgehead atoms. The van der Waals surface area contributed by atoms with Crippen LogP contribution >= 0.6 is 0 Å². The van der Waals surface area contributed by atoms with Crippen LogP contribution in [-0.2, 0) is 10.2 Å². The molecule has 2 aromatic carbocycles. The normalized spacial score (nSPS) is 14.5. The van der Waals surface area contributed by atoms with Crippen molar-refractivity contribution in [2.24, 2.45) is 0 Å². The molecule has 150 valence electrons. The van der Waals surface area contributed by atoms with Gasteiger partial charge in [-0.3, -0.25) is 9.20 Å². The number of methoxy groups -OCH3 is 1. The van der Waals surface area contributed by atoms with E-state index in [2.05, 4.69) is 15.3 Å². The van der Waals surface area contributed by atoms with Crippen molar-refractivity contribution >= 4 is 17.4 Å². The predicted octanol–water partition coefficient (Wildman–Crippen LogP) is 4.38. The molecule has 2 aromatic heterocycles. The number of fused-ring (bicyclic) bond motifs is 1. The first-order valence-corrected chi connectivity index (χ1v) is 9.96. The van der Waals surface area contributed by atoms with E-state index in [0.29, 0.717) is 5.78 Å². The Morgan fingerprint density at radius 1 is 1.17 bits per heavy atom. The van der Waals surface area contributed by atoms with Gasteiger partial charge in [0.1, 0.15) is 5.75 Å². The van der Waals surface area contributed by atoms with Gasteiger partial charge in [-0.15, -0.1) is 0 Å². The highest BCUT2D eigenvalue weighted by Gasteiger charge is 2.52. The van der Waals surface area contributed by atoms with E-state index >= 15 is 0 Å². The zero-order valence-corrected chi connectivity index (χ0v) is 16.9. The smallest absolute Gasteiger partial charge is 0.235 e. The molecular weight excluding hydrogens is 376 g/mol. The summed E-state index contributed by atoms with van der Waals surface area (Å²) in [4.78, 5) is 22.2. The number of benzene rings is 2. The molecule has 1 aliphatic carbocycles. The molecule has 0 atom stereocenters. The largest absolute Gasteiger partial charge is 0.496 e. The lowest BCUT2D eigenvalue weighted by Crippen LogP contribution is -2.28. The summed E-state index contributed by atoms with van der Waals surface area (Å²) < 4.78 is 7.39. The zero-order valence-electron chi connectivity index (χ0n) is 16.9. The van der Waals surface area contributed by atoms with E-state index in [0.717, 1.165) is 46.7 Å². The lowest BCUT2D eigenvalue weighted by Gasteiger charge is -2.19. The molecule has 0 saturated heterocycles. The van der Waals surface area contributed by atoms with E-state index < -0.39 is 5.41 Å². The second kappa shape index (κ2) is 6.99. The van der Waals surface area contributed by atoms with Gasteiger partial charge < -0.3 is 10.1 Å². The van der Waals surface area contributed by atoms with Gasteiger partial charge in [-0.05, 0) is 43.5 Å². The summed E-state index contributed by atoms with van der Waals surface area (Å²) in [6.07, 6.45) is 7.21. The van der Waals surface area contributed by atoms with E-state index in [4.69, 9.17) is 4.74 Å². The third kappa shape index (κ3) is 3.01. The Morgan fingerprint density at radius 2 is 2.00 bits per heavy atom. The molecular formula is C24H22N4O2. The van der Waals surface area contributed by atoms with Gasteiger partial charge in [-0.1, -0.05) is 30.3 Å². The average molecular weight is 398 g/mol. The zero-order chi connectivity index (χ0) is 20.7. The van der Waals surface area contributed by atoms with Crippen molar-refractivity contribution < 1.29 is 9.53 Å². The monoisotopic (exact) mass is 398 g/mol. The summed E-state index contributed by atoms with van der Waals surface area (Å²) in [6.45, 7) is 1.99. The number of aryl methyl sites for hydroxylation is 1. The van der Waals surface area contributed by atoms with Crippen LogP contribution < -0.4 is 10.1 Å². The minimum Gasteiger partial charge on any atom is -0.496 e. The molecule has 1 N–H and O–H groups in total. The Kier molecular flexibility index (Phi) is 4.28. The molecule has 1 amide bonds. The number of aromatic nitrogens is 3. The van der Waals surface area contributed by atoms with E-state index in [1.807, 2.05) is 72.2 Å². The van der Waals surface area contributed by atoms with Gasteiger partial charge in [0.25, 0.3) is 0 Å². The van der Waals surface area contributed by atoms with Gasteiger partial charge >= 0.3 is 0 Å². The average Bonchev–Trinajstić information content (AvgIpc) is 3.47. The molecule has 1 fully saturated rings. The minimum atomic E-state index is -0.526. The maximum atomic E-state index is 13.3. The SMILES string of the molecule is COc1ccccc1C1(C(=O)Nc2cc(-c3cn4cccnc4n3)ccc2C)CC1. The van der Waals surface area contributed by atoms with Gasteiger partial charge in [0, 0.05) is 35.4 Å². The summed E-state index contributed by atoms with van der Waals surface area (Å²) in [5, 5.41) is 3.16. The van der Waals surface area contributed by atoms with Crippen LogP contribution in [0.3, 0.4) is 0 Å². The number of anilines is 1. The van der Waals surface area contributed by atoms with Crippen LogP contribution in [0, 0.1) is 6.92 Å². The van der Waals surface area contributed by atoms with Crippen molar-refractivity contribution in [2.75, 3.05) is 12.4 Å². The molecule has 6 nitrogen and oxygen atoms in total. The summed E-state index contributed by atoms with van der Waals surface area (Å²) in [6, 6.07) is 15.6. The first kappa shape index (κ1) is 18.4. The first-order valence-electron chi connectivity index (χ1n) is 9.96. The number of hydrogen-bond acceptors (Lipinski definition) is 4. The van der Waals surface area contributed by atoms with Gasteiger partial charge in [-0.25, -0.2) is 9.97 Å². The van der Waals surface area contributed by atoms with Crippen LogP contribution in [0.2, 0.25) is 0 Å². The number of nitrogens with one attached hydrogen (secondary N) is 1. The second-order valence-electron chi connectivity index (χ2n) is 7.72. The third-order valence-corrected chi connectivity index (χ3v) is 5.82. The van der Waals surface area contributed by atoms with Crippen LogP contribution in [0.15, 0.2) is 67.1 Å². The number of imidazole rings is 1. The molecule has 1 saturated carbocycles. The van der Waals surface area contributed by atoms with Crippen LogP contribution in [0.5, 0.6) is 5.75 Å². The number of carbonyl (C=O) groups is 1. The van der Waals surface area contributed by atoms with Crippen molar-refractivity contribution in [3.05, 3.63) is 78.2 Å². The van der Waals surface area contributed by atoms with Crippen LogP contribution in [0.1, 0.15) is 24.0 Å². The maximum Gasteiger partial charge on any atom is 0.235 e. The summed E-state index contributed by atoms with van der Waals surface area (Å²) in [7, 11) is 1.64. The maximum absolute atomic E-state index is 13.3. The molecule has 5 rings (SSSR count). The van der Waals surface area contributed by atoms with E-state index in [1.54, 1.807) is 13.3 Å². The Hall–Kier alpha value is -3.67. The van der Waals surface area contributed by atoms with Gasteiger partial charge in [0.2, 0.25) is 11.7 Å². The van der Waals surface area contributed by atoms with Crippen molar-refractivity contribution in [3.63, 3.8) is 0 Å². The number of ether oxygens (including phenoxy) is 1. The molecule has 1 aliphatic rings. The van der Waals surface area contributed by atoms with Gasteiger partial charge in [0.15, 0.2) is 0 Å². The van der Waals surface area contributed by atoms with Gasteiger partial charge in [0.05, 0.1) is 18.2 Å². The standard InChI is InChI=1S/C24H22N4O2/c1-16-8-9-17(20-15-28-13-5-12-25-23(28)27-20)14-19(16)26-22(29)24(10-11-24)18-6-3-4-7-21(18)30-2/h3-9,12-15H,10-11H2,1-2H3,(H,26,29). The summed E-state index contributed by atoms with van der Waals surface area (Å²) >= 11 is 0. The highest BCUT2D eigenvalue weighted by Crippen LogP contribution is 2.52. The molecule has 0 radical (unpaired) electrons. The van der Waals surface area contributed by atoms with E-state index in [1.165, 1.54) is 0 Å². The van der Waals surface area contributed by atoms with Crippen molar-refractivity contribution in [1.82, 2.24) is 14.4 Å². The van der Waals surface area contributed by atoms with Crippen molar-refractivity contribution in [2.45, 2.75) is 25.2 Å². The molecule has 2 heterocycles. The summed E-state index contributed by atoms with van der Waals surface area (Å²) in [5.74, 6) is 1.41. The number of para-hydroxylation sites is 1. The number of nitrogens with zero attached hydrogens (tertiary/aromatic N) is 3. The minimum absolute atomic E-state index is 0.00363. The molecule has 30 heavy (non-hydrogen) atoms. The van der Waals surface area contributed by atoms with Crippen molar-refractivity contribution in [3.8, 4) is 17.0 Å². The van der Waals surface area contributed by atoms with Crippen molar-refractivity contribution in [1.29, 1.82) is 0 Å².